The third-order valence-corrected chi connectivity index (χ3v) is 28.3. The van der Waals surface area contributed by atoms with Crippen LogP contribution >= 0.6 is 54.8 Å². The van der Waals surface area contributed by atoms with Gasteiger partial charge >= 0.3 is 12.1 Å². The van der Waals surface area contributed by atoms with E-state index < -0.39 is 186 Å². The van der Waals surface area contributed by atoms with Crippen LogP contribution in [0.4, 0.5) is 10.5 Å². The number of H-pyrrole nitrogens is 1. The van der Waals surface area contributed by atoms with E-state index >= 15 is 14.4 Å². The number of aromatic nitrogens is 1. The first-order valence-electron chi connectivity index (χ1n) is 41.3. The highest BCUT2D eigenvalue weighted by Crippen LogP contribution is 2.50. The number of ether oxygens (including phenoxy) is 5. The minimum atomic E-state index is -1.95. The maximum atomic E-state index is 15.2. The number of likely N-dealkylation sites (N-methyl/N-ethyl adjacent to an activating group) is 1. The summed E-state index contributed by atoms with van der Waals surface area (Å²) in [5.74, 6) is -11.4. The van der Waals surface area contributed by atoms with Gasteiger partial charge in [-0.25, -0.2) is 9.59 Å². The number of carbonyl (C=O) groups is 12. The summed E-state index contributed by atoms with van der Waals surface area (Å²) in [5, 5.41) is 53.4. The number of epoxide rings is 1. The molecule has 4 bridgehead atoms. The van der Waals surface area contributed by atoms with Crippen LogP contribution in [0.1, 0.15) is 114 Å². The number of fused-ring (bicyclic) bond motifs is 7. The van der Waals surface area contributed by atoms with Crippen molar-refractivity contribution in [3.63, 3.8) is 0 Å². The Kier molecular flexibility index (Phi) is 34.8. The smallest absolute Gasteiger partial charge is 0.409 e. The van der Waals surface area contributed by atoms with E-state index in [0.29, 0.717) is 36.0 Å². The minimum absolute atomic E-state index is 0.0386. The zero-order valence-electron chi connectivity index (χ0n) is 71.1. The lowest BCUT2D eigenvalue weighted by Gasteiger charge is -2.42. The molecule has 33 nitrogen and oxygen atoms in total. The van der Waals surface area contributed by atoms with E-state index in [1.807, 2.05) is 67.6 Å². The highest BCUT2D eigenvalue weighted by atomic mass is 35.5. The number of hydrogen-bond donors (Lipinski definition) is 14. The van der Waals surface area contributed by atoms with Crippen LogP contribution < -0.4 is 64.1 Å². The van der Waals surface area contributed by atoms with Crippen LogP contribution in [0.15, 0.2) is 121 Å². The number of aliphatic hydroxyl groups excluding tert-OH is 1. The quantitative estimate of drug-likeness (QED) is 0.0139. The van der Waals surface area contributed by atoms with Gasteiger partial charge in [-0.05, 0) is 143 Å². The first-order valence-corrected chi connectivity index (χ1v) is 46.6. The molecule has 10 amide bonds. The number of methoxy groups -OCH3 is 2. The number of Topliss-reactive ketones (excluding diaryl/α,β-unsaturated/α-hetero) is 1. The Morgan fingerprint density at radius 2 is 1.59 bits per heavy atom. The Hall–Kier alpha value is -9.67. The molecule has 17 atom stereocenters. The van der Waals surface area contributed by atoms with Crippen LogP contribution in [0.3, 0.4) is 0 Å². The number of aliphatic hydroxyl groups is 2. The first-order chi connectivity index (χ1) is 59.5. The van der Waals surface area contributed by atoms with Crippen LogP contribution in [-0.4, -0.2) is 244 Å². The number of anilines is 1. The zero-order chi connectivity index (χ0) is 90.7. The van der Waals surface area contributed by atoms with Crippen molar-refractivity contribution in [1.82, 2.24) is 47.1 Å². The second-order valence-corrected chi connectivity index (χ2v) is 37.8. The molecule has 1 aliphatic carbocycles. The molecule has 0 spiro atoms. The van der Waals surface area contributed by atoms with E-state index in [4.69, 9.17) is 52.5 Å². The second-order valence-electron chi connectivity index (χ2n) is 32.3. The molecule has 17 N–H and O–H groups in total. The van der Waals surface area contributed by atoms with E-state index in [1.165, 1.54) is 59.2 Å². The third kappa shape index (κ3) is 25.6. The molecule has 38 heteroatoms. The number of primary amides is 1. The molecule has 125 heavy (non-hydrogen) atoms. The summed E-state index contributed by atoms with van der Waals surface area (Å²) in [7, 11) is 9.82. The number of esters is 1. The number of carbonyl (C=O) groups excluding carboxylic acids is 12. The lowest BCUT2D eigenvalue weighted by Crippen LogP contribution is -2.63. The van der Waals surface area contributed by atoms with Gasteiger partial charge in [0.1, 0.15) is 76.7 Å². The fraction of sp³-hybridized carbons (Fsp3) is 0.494. The largest absolute Gasteiger partial charge is 0.508 e. The molecule has 1 aromatic heterocycles. The Bertz CT molecular complexity index is 4870. The number of nitrogens with one attached hydrogen (secondary N) is 8. The van der Waals surface area contributed by atoms with E-state index in [2.05, 4.69) is 42.2 Å². The first kappa shape index (κ1) is 97.5. The molecule has 5 aliphatic rings. The number of allylic oxidation sites excluding steroid dienone is 4. The summed E-state index contributed by atoms with van der Waals surface area (Å²) in [6.45, 7) is 8.10. The van der Waals surface area contributed by atoms with Crippen LogP contribution in [-0.2, 0) is 97.4 Å². The van der Waals surface area contributed by atoms with Crippen molar-refractivity contribution in [2.45, 2.75) is 202 Å². The number of halogens is 1. The van der Waals surface area contributed by atoms with Crippen LogP contribution in [0.5, 0.6) is 11.5 Å². The molecule has 3 fully saturated rings. The van der Waals surface area contributed by atoms with Gasteiger partial charge < -0.3 is 103 Å². The van der Waals surface area contributed by atoms with Crippen molar-refractivity contribution in [1.29, 1.82) is 0 Å². The average Bonchev–Trinajstić information content (AvgIpc) is 1.57. The van der Waals surface area contributed by atoms with Crippen LogP contribution in [0.25, 0.3) is 16.5 Å². The molecule has 0 unspecified atom stereocenters. The van der Waals surface area contributed by atoms with Gasteiger partial charge in [-0.2, -0.15) is 0 Å². The fourth-order valence-corrected chi connectivity index (χ4v) is 20.3. The number of hydrogen-bond acceptors (Lipinski definition) is 26. The van der Waals surface area contributed by atoms with Gasteiger partial charge in [-0.3, -0.25) is 53.3 Å². The van der Waals surface area contributed by atoms with E-state index in [1.54, 1.807) is 56.5 Å². The van der Waals surface area contributed by atoms with Gasteiger partial charge in [0.15, 0.2) is 11.5 Å². The van der Waals surface area contributed by atoms with Crippen molar-refractivity contribution >= 4 is 148 Å². The Labute approximate surface area is 746 Å². The summed E-state index contributed by atoms with van der Waals surface area (Å²) in [5.41, 5.74) is 21.5. The monoisotopic (exact) mass is 1820 g/mol. The molecule has 5 aromatic rings. The van der Waals surface area contributed by atoms with Crippen molar-refractivity contribution < 1.29 is 96.5 Å². The number of phenols is 1. The molecule has 4 aliphatic heterocycles. The lowest BCUT2D eigenvalue weighted by atomic mass is 9.83. The predicted molar refractivity (Wildman–Crippen MR) is 478 cm³/mol. The van der Waals surface area contributed by atoms with Crippen LogP contribution in [0.2, 0.25) is 5.02 Å². The number of aromatic amines is 1. The second kappa shape index (κ2) is 44.7. The summed E-state index contributed by atoms with van der Waals surface area (Å²) in [6, 6.07) is 12.8. The predicted octanol–water partition coefficient (Wildman–Crippen LogP) is 5.19. The van der Waals surface area contributed by atoms with E-state index in [9.17, 15) is 58.5 Å². The van der Waals surface area contributed by atoms with Crippen LogP contribution in [0, 0.1) is 11.8 Å². The molecule has 4 aromatic carbocycles. The highest BCUT2D eigenvalue weighted by Gasteiger charge is 2.65. The van der Waals surface area contributed by atoms with Gasteiger partial charge in [0, 0.05) is 98.8 Å². The Morgan fingerprint density at radius 3 is 2.31 bits per heavy atom. The fourth-order valence-electron chi connectivity index (χ4n) is 15.5. The number of nitrogens with zero attached hydrogens (tertiary/aromatic N) is 2. The average molecular weight is 1820 g/mol. The maximum Gasteiger partial charge on any atom is 0.409 e. The number of alkyl carbamates (subject to hydrolysis) is 1. The number of rotatable bonds is 27. The van der Waals surface area contributed by atoms with Crippen molar-refractivity contribution in [3.8, 4) is 11.5 Å². The number of aromatic hydroxyl groups is 1. The molecule has 676 valence electrons. The summed E-state index contributed by atoms with van der Waals surface area (Å²) in [6.07, 6.45) is 1.98. The van der Waals surface area contributed by atoms with Gasteiger partial charge in [-0.15, -0.1) is 0 Å². The lowest BCUT2D eigenvalue weighted by molar-refractivity contribution is -0.162. The molecular formula is C87H112ClN13O20S4. The summed E-state index contributed by atoms with van der Waals surface area (Å²) >= 11 is 6.90. The van der Waals surface area contributed by atoms with Gasteiger partial charge in [0.25, 0.3) is 0 Å². The highest BCUT2D eigenvalue weighted by molar-refractivity contribution is 8.77. The topological polar surface area (TPSA) is 500 Å². The van der Waals surface area contributed by atoms with Crippen molar-refractivity contribution in [3.05, 3.63) is 154 Å². The van der Waals surface area contributed by atoms with Gasteiger partial charge in [0.2, 0.25) is 53.2 Å². The SMILES string of the molecule is COc1cc2cc(c1Cl)N(C)C(=O)C[C@H](OC(=O)[C@H](C)N(C)C(=O)CCSSC[C@H](NC(=O)[C@@H]1CSSC[C@H](NC(=O)[C@H](N)Cc3c[nH]c4ccccc34)C(=O)C[C@@H](Cc3ccc(O)cc3)C(=O)N[C@H](CC3=CCc4ccccc43)C(=O)N[C@@H](CCCCN)C(=O)N[C@@H]([C@@H](C)O)C(=O)N1)C(N)=O)[C@]1(C)O[C@H]1[C@H](C)[C@@H]1C[C@@](O)(NC(=O)O1)[C@H](OC)/C=C/C=C(\C)C2. The number of nitrogens with two attached hydrogens (primary N) is 3. The Morgan fingerprint density at radius 1 is 0.880 bits per heavy atom. The number of benzene rings is 4. The van der Waals surface area contributed by atoms with Gasteiger partial charge in [-0.1, -0.05) is 146 Å². The van der Waals surface area contributed by atoms with Crippen molar-refractivity contribution in [2.75, 3.05) is 62.8 Å². The van der Waals surface area contributed by atoms with Gasteiger partial charge in [0.05, 0.1) is 43.5 Å². The normalized spacial score (nSPS) is 26.6. The van der Waals surface area contributed by atoms with E-state index in [-0.39, 0.29) is 96.7 Å². The summed E-state index contributed by atoms with van der Waals surface area (Å²) < 4.78 is 29.7. The number of unbranched alkanes of at least 4 members (excludes halogenated alkanes) is 1. The molecule has 5 heterocycles. The van der Waals surface area contributed by atoms with E-state index in [0.717, 1.165) is 81.2 Å². The standard InChI is InChI=1S/C87H112ClN13O20S4/c1-46-17-16-23-70(118-9)87(116)41-69(119-85(115)99-87)47(2)76-86(5,121-76)71(40-73(106)101(7)66-35-51(33-46)36-68(117-8)74(66)88)120-84(114)48(3)100(6)72(105)30-32-122-123-44-64(77(91)107)96-82(112)65-45-125-124-43-63(95-79(109)59(90)37-55-42-92-60-21-13-12-20-58(55)60)67(104)39-54(34-50-24-28-56(103)29-25-50)78(108)94-62(38-53-27-26-52-18-10-11-19-57(52)53)81(111)93-61(22-14-15-31-89)80(110)98-75(49(4)102)83(113)97-65/h10-13,16-21,23-25,27-29,35-36,42,47-49,54,59,61-65,69-71,75-76,92,102-103,116H,14-15,22,26,30-34,37-41,43-45,89-90H2,1-9H3,(H2,91,107)(H,93,111)(H,94,108)(H,95,109)(H,96,112)(H,97,113)(H,98,110)(H,99,115)/b23-16+,46-17+/t47-,48+,49-,54-,59-,61+,62-,63+,64+,65+,69+,70-,71+,75+,76+,86+,87+/m1/s1. The number of ketones is 1. The number of phenolic OH excluding ortho intramolecular Hbond substituents is 1. The maximum absolute atomic E-state index is 15.2. The third-order valence-electron chi connectivity index (χ3n) is 23.1. The molecule has 10 rings (SSSR count). The minimum Gasteiger partial charge on any atom is -0.508 e. The molecule has 3 saturated heterocycles. The molecule has 0 radical (unpaired) electrons. The summed E-state index contributed by atoms with van der Waals surface area (Å²) in [4.78, 5) is 180. The Balaban J connectivity index is 0.848. The number of para-hydroxylation sites is 1. The molecular weight excluding hydrogens is 1710 g/mol. The zero-order valence-corrected chi connectivity index (χ0v) is 75.1. The number of amides is 10. The van der Waals surface area contributed by atoms with Crippen molar-refractivity contribution in [2.24, 2.45) is 29.0 Å². The molecule has 0 saturated carbocycles.